The first-order valence-electron chi connectivity index (χ1n) is 8.15. The molecule has 0 aromatic heterocycles. The van der Waals surface area contributed by atoms with E-state index < -0.39 is 17.7 Å². The maximum atomic E-state index is 13.2. The van der Waals surface area contributed by atoms with Crippen LogP contribution >= 0.6 is 0 Å². The van der Waals surface area contributed by atoms with E-state index in [1.807, 2.05) is 49.4 Å². The van der Waals surface area contributed by atoms with Gasteiger partial charge in [-0.15, -0.1) is 0 Å². The van der Waals surface area contributed by atoms with E-state index in [4.69, 9.17) is 11.5 Å². The van der Waals surface area contributed by atoms with Gasteiger partial charge in [0, 0.05) is 17.3 Å². The molecule has 0 saturated heterocycles. The Bertz CT molecular complexity index is 918. The molecule has 1 unspecified atom stereocenters. The predicted molar refractivity (Wildman–Crippen MR) is 98.8 cm³/mol. The fourth-order valence-corrected chi connectivity index (χ4v) is 3.12. The molecule has 3 rings (SSSR count). The van der Waals surface area contributed by atoms with Gasteiger partial charge in [-0.1, -0.05) is 48.0 Å². The third-order valence-electron chi connectivity index (χ3n) is 4.41. The molecule has 4 N–H and O–H groups in total. The summed E-state index contributed by atoms with van der Waals surface area (Å²) in [5, 5.41) is 0. The van der Waals surface area contributed by atoms with Gasteiger partial charge in [-0.05, 0) is 47.9 Å². The Morgan fingerprint density at radius 2 is 1.35 bits per heavy atom. The monoisotopic (exact) mass is 356 g/mol. The van der Waals surface area contributed by atoms with Gasteiger partial charge in [0.25, 0.3) is 0 Å². The zero-order chi connectivity index (χ0) is 18.9. The second kappa shape index (κ2) is 6.75. The molecule has 0 fully saturated rings. The van der Waals surface area contributed by atoms with Crippen molar-refractivity contribution in [2.24, 2.45) is 0 Å². The molecule has 134 valence electrons. The first kappa shape index (κ1) is 17.9. The van der Waals surface area contributed by atoms with Gasteiger partial charge in [0.1, 0.15) is 0 Å². The molecule has 3 aromatic carbocycles. The molecular formula is C21H19F3N2. The largest absolute Gasteiger partial charge is 0.416 e. The van der Waals surface area contributed by atoms with E-state index >= 15 is 0 Å². The fraction of sp³-hybridized carbons (Fsp3) is 0.143. The molecule has 0 amide bonds. The van der Waals surface area contributed by atoms with E-state index in [2.05, 4.69) is 0 Å². The van der Waals surface area contributed by atoms with Crippen molar-refractivity contribution in [3.8, 4) is 0 Å². The highest BCUT2D eigenvalue weighted by molar-refractivity contribution is 5.63. The van der Waals surface area contributed by atoms with E-state index in [-0.39, 0.29) is 0 Å². The SMILES string of the molecule is Cc1ccc(N)c(C(c2ccccc2)c2cc(C(F)(F)F)ccc2N)c1. The predicted octanol–water partition coefficient (Wildman–Crippen LogP) is 5.36. The van der Waals surface area contributed by atoms with Crippen LogP contribution in [-0.2, 0) is 6.18 Å². The van der Waals surface area contributed by atoms with Crippen molar-refractivity contribution in [1.82, 2.24) is 0 Å². The van der Waals surface area contributed by atoms with Crippen LogP contribution in [0.1, 0.15) is 33.7 Å². The van der Waals surface area contributed by atoms with E-state index in [1.54, 1.807) is 6.07 Å². The average Bonchev–Trinajstić information content (AvgIpc) is 2.60. The van der Waals surface area contributed by atoms with Crippen molar-refractivity contribution in [3.63, 3.8) is 0 Å². The van der Waals surface area contributed by atoms with Crippen LogP contribution in [0.4, 0.5) is 24.5 Å². The Hall–Kier alpha value is -2.95. The minimum Gasteiger partial charge on any atom is -0.398 e. The van der Waals surface area contributed by atoms with Crippen molar-refractivity contribution in [3.05, 3.63) is 94.5 Å². The minimum atomic E-state index is -4.44. The van der Waals surface area contributed by atoms with Crippen molar-refractivity contribution in [1.29, 1.82) is 0 Å². The molecule has 3 aromatic rings. The zero-order valence-electron chi connectivity index (χ0n) is 14.2. The van der Waals surface area contributed by atoms with E-state index in [0.29, 0.717) is 16.9 Å². The highest BCUT2D eigenvalue weighted by Crippen LogP contribution is 2.40. The lowest BCUT2D eigenvalue weighted by molar-refractivity contribution is -0.137. The van der Waals surface area contributed by atoms with Crippen LogP contribution in [0.2, 0.25) is 0 Å². The summed E-state index contributed by atoms with van der Waals surface area (Å²) in [4.78, 5) is 0. The Balaban J connectivity index is 2.27. The first-order chi connectivity index (χ1) is 12.3. The minimum absolute atomic E-state index is 0.299. The first-order valence-corrected chi connectivity index (χ1v) is 8.15. The Labute approximate surface area is 150 Å². The van der Waals surface area contributed by atoms with Crippen LogP contribution in [0, 0.1) is 6.92 Å². The molecule has 26 heavy (non-hydrogen) atoms. The number of benzene rings is 3. The van der Waals surface area contributed by atoms with Gasteiger partial charge < -0.3 is 11.5 Å². The van der Waals surface area contributed by atoms with Crippen LogP contribution in [0.3, 0.4) is 0 Å². The van der Waals surface area contributed by atoms with Gasteiger partial charge in [-0.2, -0.15) is 13.2 Å². The van der Waals surface area contributed by atoms with Crippen molar-refractivity contribution in [2.75, 3.05) is 11.5 Å². The number of hydrogen-bond acceptors (Lipinski definition) is 2. The smallest absolute Gasteiger partial charge is 0.398 e. The Kier molecular flexibility index (Phi) is 4.64. The van der Waals surface area contributed by atoms with Gasteiger partial charge in [0.05, 0.1) is 5.56 Å². The van der Waals surface area contributed by atoms with Crippen LogP contribution in [0.5, 0.6) is 0 Å². The summed E-state index contributed by atoms with van der Waals surface area (Å²) in [5.41, 5.74) is 15.3. The highest BCUT2D eigenvalue weighted by Gasteiger charge is 2.32. The van der Waals surface area contributed by atoms with Crippen LogP contribution in [0.25, 0.3) is 0 Å². The Morgan fingerprint density at radius 1 is 0.769 bits per heavy atom. The highest BCUT2D eigenvalue weighted by atomic mass is 19.4. The van der Waals surface area contributed by atoms with Crippen LogP contribution in [0.15, 0.2) is 66.7 Å². The number of aryl methyl sites for hydroxylation is 1. The maximum Gasteiger partial charge on any atom is 0.416 e. The van der Waals surface area contributed by atoms with Crippen molar-refractivity contribution < 1.29 is 13.2 Å². The number of hydrogen-bond donors (Lipinski definition) is 2. The zero-order valence-corrected chi connectivity index (χ0v) is 14.2. The van der Waals surface area contributed by atoms with Gasteiger partial charge in [0.2, 0.25) is 0 Å². The Morgan fingerprint density at radius 3 is 1.96 bits per heavy atom. The van der Waals surface area contributed by atoms with Gasteiger partial charge >= 0.3 is 6.18 Å². The van der Waals surface area contributed by atoms with E-state index in [0.717, 1.165) is 28.8 Å². The summed E-state index contributed by atoms with van der Waals surface area (Å²) >= 11 is 0. The summed E-state index contributed by atoms with van der Waals surface area (Å²) in [6, 6.07) is 18.2. The molecule has 0 spiro atoms. The molecule has 0 heterocycles. The molecule has 0 radical (unpaired) electrons. The molecule has 0 aliphatic rings. The lowest BCUT2D eigenvalue weighted by Crippen LogP contribution is -2.12. The molecule has 5 heteroatoms. The molecule has 0 aliphatic heterocycles. The number of nitrogens with two attached hydrogens (primary N) is 2. The summed E-state index contributed by atoms with van der Waals surface area (Å²) in [5.74, 6) is -0.488. The van der Waals surface area contributed by atoms with Crippen molar-refractivity contribution >= 4 is 11.4 Å². The lowest BCUT2D eigenvalue weighted by atomic mass is 9.82. The molecule has 1 atom stereocenters. The summed E-state index contributed by atoms with van der Waals surface area (Å²) < 4.78 is 39.7. The van der Waals surface area contributed by atoms with E-state index in [1.165, 1.54) is 6.07 Å². The molecule has 0 saturated carbocycles. The maximum absolute atomic E-state index is 13.2. The second-order valence-electron chi connectivity index (χ2n) is 6.32. The number of anilines is 2. The molecule has 2 nitrogen and oxygen atoms in total. The fourth-order valence-electron chi connectivity index (χ4n) is 3.12. The van der Waals surface area contributed by atoms with Gasteiger partial charge in [-0.3, -0.25) is 0 Å². The quantitative estimate of drug-likeness (QED) is 0.490. The number of halogens is 3. The standard InChI is InChI=1S/C21H19F3N2/c1-13-7-9-18(25)16(11-13)20(14-5-3-2-4-6-14)17-12-15(21(22,23)24)8-10-19(17)26/h2-12,20H,25-26H2,1H3. The summed E-state index contributed by atoms with van der Waals surface area (Å²) in [7, 11) is 0. The second-order valence-corrected chi connectivity index (χ2v) is 6.32. The van der Waals surface area contributed by atoms with E-state index in [9.17, 15) is 13.2 Å². The lowest BCUT2D eigenvalue weighted by Gasteiger charge is -2.23. The van der Waals surface area contributed by atoms with Crippen LogP contribution < -0.4 is 11.5 Å². The van der Waals surface area contributed by atoms with Crippen molar-refractivity contribution in [2.45, 2.75) is 19.0 Å². The number of rotatable bonds is 3. The van der Waals surface area contributed by atoms with Gasteiger partial charge in [-0.25, -0.2) is 0 Å². The average molecular weight is 356 g/mol. The third kappa shape index (κ3) is 3.52. The molecule has 0 bridgehead atoms. The summed E-state index contributed by atoms with van der Waals surface area (Å²) in [6.45, 7) is 1.92. The number of nitrogen functional groups attached to an aromatic ring is 2. The number of alkyl halides is 3. The normalized spacial score (nSPS) is 12.8. The molecule has 0 aliphatic carbocycles. The van der Waals surface area contributed by atoms with Gasteiger partial charge in [0.15, 0.2) is 0 Å². The molecular weight excluding hydrogens is 337 g/mol. The van der Waals surface area contributed by atoms with Crippen LogP contribution in [-0.4, -0.2) is 0 Å². The third-order valence-corrected chi connectivity index (χ3v) is 4.41. The topological polar surface area (TPSA) is 52.0 Å². The summed E-state index contributed by atoms with van der Waals surface area (Å²) in [6.07, 6.45) is -4.44.